The number of hydrogen-bond donors (Lipinski definition) is 2. The Morgan fingerprint density at radius 1 is 1.21 bits per heavy atom. The van der Waals surface area contributed by atoms with Crippen molar-refractivity contribution in [2.24, 2.45) is 5.14 Å². The van der Waals surface area contributed by atoms with Crippen molar-refractivity contribution in [2.45, 2.75) is 36.9 Å². The minimum absolute atomic E-state index is 0.0354. The summed E-state index contributed by atoms with van der Waals surface area (Å²) in [5, 5.41) is 8.78. The van der Waals surface area contributed by atoms with Crippen molar-refractivity contribution in [2.75, 3.05) is 11.1 Å². The number of hydrogen-bond acceptors (Lipinski definition) is 5. The summed E-state index contributed by atoms with van der Waals surface area (Å²) in [5.74, 6) is -0.0897. The van der Waals surface area contributed by atoms with E-state index in [2.05, 4.69) is 14.9 Å². The average Bonchev–Trinajstić information content (AvgIpc) is 3.03. The monoisotopic (exact) mass is 418 g/mol. The van der Waals surface area contributed by atoms with E-state index in [0.29, 0.717) is 17.7 Å². The maximum atomic E-state index is 12.4. The summed E-state index contributed by atoms with van der Waals surface area (Å²) in [6.45, 7) is 4.63. The largest absolute Gasteiger partial charge is 0.325 e. The Morgan fingerprint density at radius 3 is 2.64 bits per heavy atom. The van der Waals surface area contributed by atoms with Gasteiger partial charge in [0.05, 0.1) is 21.7 Å². The molecular weight excluding hydrogens is 396 g/mol. The van der Waals surface area contributed by atoms with E-state index in [9.17, 15) is 13.2 Å². The Morgan fingerprint density at radius 2 is 1.96 bits per heavy atom. The molecule has 148 valence electrons. The number of aryl methyl sites for hydroxylation is 2. The lowest BCUT2D eigenvalue weighted by Gasteiger charge is -2.10. The number of amides is 1. The van der Waals surface area contributed by atoms with Crippen molar-refractivity contribution in [1.82, 2.24) is 9.55 Å². The predicted molar refractivity (Wildman–Crippen MR) is 112 cm³/mol. The Balaban J connectivity index is 1.73. The lowest BCUT2D eigenvalue weighted by molar-refractivity contribution is -0.113. The minimum Gasteiger partial charge on any atom is -0.325 e. The van der Waals surface area contributed by atoms with Crippen molar-refractivity contribution >= 4 is 44.4 Å². The summed E-state index contributed by atoms with van der Waals surface area (Å²) in [6, 6.07) is 12.6. The van der Waals surface area contributed by atoms with E-state index in [0.717, 1.165) is 22.7 Å². The van der Waals surface area contributed by atoms with Gasteiger partial charge in [-0.25, -0.2) is 18.5 Å². The van der Waals surface area contributed by atoms with Gasteiger partial charge in [-0.3, -0.25) is 4.79 Å². The van der Waals surface area contributed by atoms with Crippen LogP contribution in [-0.2, 0) is 27.8 Å². The molecule has 28 heavy (non-hydrogen) atoms. The zero-order valence-electron chi connectivity index (χ0n) is 15.7. The van der Waals surface area contributed by atoms with Crippen LogP contribution >= 0.6 is 11.8 Å². The van der Waals surface area contributed by atoms with Crippen LogP contribution in [0.2, 0.25) is 0 Å². The topological polar surface area (TPSA) is 107 Å². The van der Waals surface area contributed by atoms with Gasteiger partial charge in [-0.15, -0.1) is 0 Å². The van der Waals surface area contributed by atoms with Crippen molar-refractivity contribution in [1.29, 1.82) is 0 Å². The fraction of sp³-hybridized carbons (Fsp3) is 0.263. The molecule has 0 aliphatic rings. The van der Waals surface area contributed by atoms with Crippen molar-refractivity contribution in [3.63, 3.8) is 0 Å². The van der Waals surface area contributed by atoms with E-state index in [4.69, 9.17) is 5.14 Å². The molecule has 0 saturated heterocycles. The quantitative estimate of drug-likeness (QED) is 0.574. The fourth-order valence-electron chi connectivity index (χ4n) is 2.99. The van der Waals surface area contributed by atoms with Gasteiger partial charge in [0.15, 0.2) is 5.16 Å². The third-order valence-electron chi connectivity index (χ3n) is 4.31. The van der Waals surface area contributed by atoms with Crippen LogP contribution < -0.4 is 10.5 Å². The molecular formula is C19H22N4O3S2. The van der Waals surface area contributed by atoms with Crippen molar-refractivity contribution in [3.05, 3.63) is 48.0 Å². The van der Waals surface area contributed by atoms with Gasteiger partial charge in [0.2, 0.25) is 15.9 Å². The molecule has 3 N–H and O–H groups in total. The number of primary sulfonamides is 1. The number of imidazole rings is 1. The first-order chi connectivity index (χ1) is 13.3. The summed E-state index contributed by atoms with van der Waals surface area (Å²) in [4.78, 5) is 17.0. The highest BCUT2D eigenvalue weighted by atomic mass is 32.2. The predicted octanol–water partition coefficient (Wildman–Crippen LogP) is 3.00. The van der Waals surface area contributed by atoms with Crippen LogP contribution in [-0.4, -0.2) is 29.6 Å². The van der Waals surface area contributed by atoms with Crippen LogP contribution in [0.3, 0.4) is 0 Å². The van der Waals surface area contributed by atoms with Crippen LogP contribution in [0.5, 0.6) is 0 Å². The molecule has 0 atom stereocenters. The number of rotatable bonds is 7. The van der Waals surface area contributed by atoms with Crippen LogP contribution in [0.25, 0.3) is 11.0 Å². The highest BCUT2D eigenvalue weighted by Gasteiger charge is 2.16. The van der Waals surface area contributed by atoms with Crippen LogP contribution in [0.1, 0.15) is 19.4 Å². The molecule has 0 spiro atoms. The minimum atomic E-state index is -3.85. The first-order valence-electron chi connectivity index (χ1n) is 8.87. The molecule has 1 heterocycles. The molecule has 2 aromatic carbocycles. The number of anilines is 1. The zero-order chi connectivity index (χ0) is 20.3. The summed E-state index contributed by atoms with van der Waals surface area (Å²) >= 11 is 1.34. The van der Waals surface area contributed by atoms with E-state index in [1.165, 1.54) is 17.8 Å². The van der Waals surface area contributed by atoms with E-state index in [-0.39, 0.29) is 16.6 Å². The molecule has 0 radical (unpaired) electrons. The van der Waals surface area contributed by atoms with Gasteiger partial charge >= 0.3 is 0 Å². The Labute approximate surface area is 168 Å². The molecule has 0 bridgehead atoms. The van der Waals surface area contributed by atoms with E-state index in [1.807, 2.05) is 38.1 Å². The smallest absolute Gasteiger partial charge is 0.238 e. The lowest BCUT2D eigenvalue weighted by Crippen LogP contribution is -2.17. The number of thioether (sulfide) groups is 1. The third-order valence-corrected chi connectivity index (χ3v) is 6.28. The second-order valence-corrected chi connectivity index (χ2v) is 8.66. The number of nitrogens with zero attached hydrogens (tertiary/aromatic N) is 2. The molecule has 0 saturated carbocycles. The average molecular weight is 419 g/mol. The molecule has 1 aromatic heterocycles. The van der Waals surface area contributed by atoms with Gasteiger partial charge in [0.1, 0.15) is 0 Å². The van der Waals surface area contributed by atoms with Gasteiger partial charge in [-0.2, -0.15) is 0 Å². The first-order valence-corrected chi connectivity index (χ1v) is 11.4. The van der Waals surface area contributed by atoms with E-state index < -0.39 is 10.0 Å². The molecule has 3 aromatic rings. The van der Waals surface area contributed by atoms with Crippen LogP contribution in [0, 0.1) is 0 Å². The number of carbonyl (C=O) groups is 1. The first kappa shape index (κ1) is 20.4. The highest BCUT2D eigenvalue weighted by Crippen LogP contribution is 2.25. The Kier molecular flexibility index (Phi) is 6.07. The SMILES string of the molecule is CCc1ccc(NC(=O)CSc2nc3ccccc3n2CC)cc1S(N)(=O)=O. The van der Waals surface area contributed by atoms with Gasteiger partial charge in [0, 0.05) is 12.2 Å². The molecule has 0 unspecified atom stereocenters. The number of aromatic nitrogens is 2. The van der Waals surface area contributed by atoms with Crippen LogP contribution in [0.4, 0.5) is 5.69 Å². The van der Waals surface area contributed by atoms with Crippen molar-refractivity contribution < 1.29 is 13.2 Å². The number of nitrogens with two attached hydrogens (primary N) is 1. The Bertz CT molecular complexity index is 1120. The van der Waals surface area contributed by atoms with Crippen LogP contribution in [0.15, 0.2) is 52.5 Å². The molecule has 7 nitrogen and oxygen atoms in total. The standard InChI is InChI=1S/C19H22N4O3S2/c1-3-13-9-10-14(11-17(13)28(20,25)26)21-18(24)12-27-19-22-15-7-5-6-8-16(15)23(19)4-2/h5-11H,3-4,12H2,1-2H3,(H,21,24)(H2,20,25,26). The third kappa shape index (κ3) is 4.37. The molecule has 3 rings (SSSR count). The summed E-state index contributed by atoms with van der Waals surface area (Å²) in [6.07, 6.45) is 0.531. The Hall–Kier alpha value is -2.36. The second kappa shape index (κ2) is 8.34. The maximum Gasteiger partial charge on any atom is 0.238 e. The summed E-state index contributed by atoms with van der Waals surface area (Å²) < 4.78 is 25.6. The molecule has 9 heteroatoms. The summed E-state index contributed by atoms with van der Waals surface area (Å²) in [5.41, 5.74) is 2.93. The number of sulfonamides is 1. The zero-order valence-corrected chi connectivity index (χ0v) is 17.3. The molecule has 1 amide bonds. The van der Waals surface area contributed by atoms with Gasteiger partial charge in [-0.05, 0) is 43.2 Å². The molecule has 0 aliphatic heterocycles. The van der Waals surface area contributed by atoms with Gasteiger partial charge in [0.25, 0.3) is 0 Å². The number of carbonyl (C=O) groups excluding carboxylic acids is 1. The van der Waals surface area contributed by atoms with Gasteiger partial charge in [-0.1, -0.05) is 36.9 Å². The number of fused-ring (bicyclic) bond motifs is 1. The summed E-state index contributed by atoms with van der Waals surface area (Å²) in [7, 11) is -3.85. The number of nitrogens with one attached hydrogen (secondary N) is 1. The number of para-hydroxylation sites is 2. The maximum absolute atomic E-state index is 12.4. The molecule has 0 aliphatic carbocycles. The second-order valence-electron chi connectivity index (χ2n) is 6.19. The molecule has 0 fully saturated rings. The highest BCUT2D eigenvalue weighted by molar-refractivity contribution is 7.99. The van der Waals surface area contributed by atoms with E-state index in [1.54, 1.807) is 12.1 Å². The van der Waals surface area contributed by atoms with E-state index >= 15 is 0 Å². The van der Waals surface area contributed by atoms with Crippen molar-refractivity contribution in [3.8, 4) is 0 Å². The normalized spacial score (nSPS) is 11.7. The number of benzene rings is 2. The van der Waals surface area contributed by atoms with Gasteiger partial charge < -0.3 is 9.88 Å². The lowest BCUT2D eigenvalue weighted by atomic mass is 10.1. The fourth-order valence-corrected chi connectivity index (χ4v) is 4.73.